The van der Waals surface area contributed by atoms with Gasteiger partial charge in [-0.1, -0.05) is 6.92 Å². The van der Waals surface area contributed by atoms with Crippen molar-refractivity contribution in [2.45, 2.75) is 65.6 Å². The quantitative estimate of drug-likeness (QED) is 0.668. The average molecular weight is 366 g/mol. The van der Waals surface area contributed by atoms with Gasteiger partial charge in [-0.2, -0.15) is 4.68 Å². The molecule has 0 bridgehead atoms. The van der Waals surface area contributed by atoms with E-state index in [2.05, 4.69) is 4.98 Å². The second-order valence-electron chi connectivity index (χ2n) is 7.68. The van der Waals surface area contributed by atoms with E-state index in [0.29, 0.717) is 30.9 Å². The summed E-state index contributed by atoms with van der Waals surface area (Å²) >= 11 is 0. The molecule has 2 heterocycles. The topological polar surface area (TPSA) is 120 Å². The van der Waals surface area contributed by atoms with E-state index in [1.165, 1.54) is 0 Å². The Morgan fingerprint density at radius 3 is 2.46 bits per heavy atom. The first-order valence-corrected chi connectivity index (χ1v) is 8.92. The number of nitrogens with two attached hydrogens (primary N) is 1. The Morgan fingerprint density at radius 2 is 1.92 bits per heavy atom. The van der Waals surface area contributed by atoms with Crippen molar-refractivity contribution in [1.29, 1.82) is 5.41 Å². The molecule has 2 unspecified atom stereocenters. The van der Waals surface area contributed by atoms with Crippen LogP contribution in [-0.4, -0.2) is 51.4 Å². The van der Waals surface area contributed by atoms with Crippen LogP contribution in [0, 0.1) is 5.41 Å². The van der Waals surface area contributed by atoms with Crippen molar-refractivity contribution in [3.63, 3.8) is 0 Å². The number of aromatic amines is 1. The fourth-order valence-corrected chi connectivity index (χ4v) is 3.20. The second-order valence-corrected chi connectivity index (χ2v) is 7.68. The number of hydrogen-bond acceptors (Lipinski definition) is 6. The number of rotatable bonds is 2. The molecule has 0 aliphatic carbocycles. The van der Waals surface area contributed by atoms with Crippen molar-refractivity contribution >= 4 is 11.8 Å². The van der Waals surface area contributed by atoms with Gasteiger partial charge in [0.25, 0.3) is 5.56 Å². The molecule has 146 valence electrons. The number of hydrogen-bond donors (Lipinski definition) is 3. The molecular formula is C17H30N6O3. The number of aryl methyl sites for hydroxylation is 1. The van der Waals surface area contributed by atoms with Gasteiger partial charge in [0, 0.05) is 24.8 Å². The Bertz CT molecular complexity index is 791. The molecule has 1 amide bonds. The zero-order valence-corrected chi connectivity index (χ0v) is 16.4. The standard InChI is InChI=1S/C17H30N6O3/c1-7-12-13(14(24)23(19)15(18)20-12)21-8-9-22(11(3)10(21)2)16(25)26-17(4,5)6/h10-11H,7-9,19H2,1-6H3,(H2,18,20). The highest BCUT2D eigenvalue weighted by atomic mass is 16.6. The summed E-state index contributed by atoms with van der Waals surface area (Å²) in [6.07, 6.45) is 0.224. The molecule has 4 N–H and O–H groups in total. The number of H-pyrrole nitrogens is 1. The number of piperazine rings is 1. The van der Waals surface area contributed by atoms with Crippen LogP contribution in [0.25, 0.3) is 0 Å². The van der Waals surface area contributed by atoms with Crippen LogP contribution in [0.2, 0.25) is 0 Å². The van der Waals surface area contributed by atoms with Crippen molar-refractivity contribution < 1.29 is 9.53 Å². The molecule has 1 aliphatic rings. The van der Waals surface area contributed by atoms with Gasteiger partial charge in [0.15, 0.2) is 0 Å². The van der Waals surface area contributed by atoms with Gasteiger partial charge in [-0.05, 0) is 41.0 Å². The Morgan fingerprint density at radius 1 is 1.31 bits per heavy atom. The lowest BCUT2D eigenvalue weighted by molar-refractivity contribution is 0.0120. The first-order valence-electron chi connectivity index (χ1n) is 8.92. The fraction of sp³-hybridized carbons (Fsp3) is 0.706. The van der Waals surface area contributed by atoms with E-state index in [1.54, 1.807) is 4.90 Å². The summed E-state index contributed by atoms with van der Waals surface area (Å²) < 4.78 is 6.30. The summed E-state index contributed by atoms with van der Waals surface area (Å²) in [4.78, 5) is 31.7. The van der Waals surface area contributed by atoms with Gasteiger partial charge < -0.3 is 25.4 Å². The minimum atomic E-state index is -0.557. The molecule has 0 saturated carbocycles. The van der Waals surface area contributed by atoms with Crippen LogP contribution in [0.1, 0.15) is 47.2 Å². The molecule has 2 atom stereocenters. The third-order valence-electron chi connectivity index (χ3n) is 4.75. The molecule has 1 aromatic heterocycles. The fourth-order valence-electron chi connectivity index (χ4n) is 3.20. The first kappa shape index (κ1) is 19.9. The van der Waals surface area contributed by atoms with Crippen molar-refractivity contribution in [3.05, 3.63) is 21.7 Å². The largest absolute Gasteiger partial charge is 0.444 e. The van der Waals surface area contributed by atoms with Crippen LogP contribution in [0.15, 0.2) is 4.79 Å². The SMILES string of the molecule is CCc1[nH]c(=N)n(N)c(=O)c1N1CCN(C(=O)OC(C)(C)C)C(C)C1C. The lowest BCUT2D eigenvalue weighted by atomic mass is 10.0. The van der Waals surface area contributed by atoms with Gasteiger partial charge in [0.2, 0.25) is 5.62 Å². The number of nitrogens with one attached hydrogen (secondary N) is 2. The highest BCUT2D eigenvalue weighted by molar-refractivity contribution is 5.69. The van der Waals surface area contributed by atoms with Crippen molar-refractivity contribution in [3.8, 4) is 0 Å². The third kappa shape index (κ3) is 3.71. The van der Waals surface area contributed by atoms with Crippen molar-refractivity contribution in [2.24, 2.45) is 0 Å². The molecule has 1 aromatic rings. The molecule has 9 heteroatoms. The minimum Gasteiger partial charge on any atom is -0.444 e. The monoisotopic (exact) mass is 366 g/mol. The van der Waals surface area contributed by atoms with Crippen LogP contribution in [0.5, 0.6) is 0 Å². The molecule has 0 radical (unpaired) electrons. The van der Waals surface area contributed by atoms with Crippen LogP contribution in [0.3, 0.4) is 0 Å². The van der Waals surface area contributed by atoms with Crippen LogP contribution in [-0.2, 0) is 11.2 Å². The lowest BCUT2D eigenvalue weighted by Crippen LogP contribution is -2.61. The lowest BCUT2D eigenvalue weighted by Gasteiger charge is -2.46. The Kier molecular flexibility index (Phi) is 5.39. The molecular weight excluding hydrogens is 336 g/mol. The maximum atomic E-state index is 12.7. The summed E-state index contributed by atoms with van der Waals surface area (Å²) in [5, 5.41) is 7.77. The van der Waals surface area contributed by atoms with Crippen molar-refractivity contribution in [1.82, 2.24) is 14.6 Å². The molecule has 1 saturated heterocycles. The average Bonchev–Trinajstić information content (AvgIpc) is 2.53. The van der Waals surface area contributed by atoms with Gasteiger partial charge in [-0.15, -0.1) is 0 Å². The zero-order chi connectivity index (χ0) is 19.8. The summed E-state index contributed by atoms with van der Waals surface area (Å²) in [5.41, 5.74) is 0.0402. The Hall–Kier alpha value is -2.45. The highest BCUT2D eigenvalue weighted by Gasteiger charge is 2.37. The number of carbonyl (C=O) groups excluding carboxylic acids is 1. The predicted octanol–water partition coefficient (Wildman–Crippen LogP) is 0.766. The maximum Gasteiger partial charge on any atom is 0.410 e. The van der Waals surface area contributed by atoms with Crippen LogP contribution >= 0.6 is 0 Å². The smallest absolute Gasteiger partial charge is 0.410 e. The van der Waals surface area contributed by atoms with Gasteiger partial charge in [-0.3, -0.25) is 10.2 Å². The van der Waals surface area contributed by atoms with E-state index < -0.39 is 11.2 Å². The van der Waals surface area contributed by atoms with Gasteiger partial charge in [0.05, 0.1) is 6.04 Å². The number of aromatic nitrogens is 2. The number of nitrogen functional groups attached to an aromatic ring is 1. The molecule has 1 aliphatic heterocycles. The molecule has 9 nitrogen and oxygen atoms in total. The number of ether oxygens (including phenoxy) is 1. The highest BCUT2D eigenvalue weighted by Crippen LogP contribution is 2.25. The van der Waals surface area contributed by atoms with E-state index in [-0.39, 0.29) is 23.8 Å². The summed E-state index contributed by atoms with van der Waals surface area (Å²) in [7, 11) is 0. The normalized spacial score (nSPS) is 21.0. The minimum absolute atomic E-state index is 0.112. The van der Waals surface area contributed by atoms with Crippen molar-refractivity contribution in [2.75, 3.05) is 23.8 Å². The Labute approximate surface area is 153 Å². The van der Waals surface area contributed by atoms with E-state index in [0.717, 1.165) is 4.68 Å². The van der Waals surface area contributed by atoms with Crippen LogP contribution in [0.4, 0.5) is 10.5 Å². The van der Waals surface area contributed by atoms with E-state index in [4.69, 9.17) is 16.0 Å². The molecule has 2 rings (SSSR count). The first-order chi connectivity index (χ1) is 12.0. The number of carbonyl (C=O) groups is 1. The second kappa shape index (κ2) is 7.05. The maximum absolute atomic E-state index is 12.7. The van der Waals surface area contributed by atoms with Gasteiger partial charge in [-0.25, -0.2) is 4.79 Å². The van der Waals surface area contributed by atoms with E-state index in [1.807, 2.05) is 46.4 Å². The summed E-state index contributed by atoms with van der Waals surface area (Å²) in [5.74, 6) is 5.71. The predicted molar refractivity (Wildman–Crippen MR) is 99.6 cm³/mol. The molecule has 0 spiro atoms. The molecule has 0 aromatic carbocycles. The Balaban J connectivity index is 2.34. The summed E-state index contributed by atoms with van der Waals surface area (Å²) in [6, 6.07) is -0.260. The number of anilines is 1. The van der Waals surface area contributed by atoms with Gasteiger partial charge in [0.1, 0.15) is 11.3 Å². The number of amides is 1. The zero-order valence-electron chi connectivity index (χ0n) is 16.4. The molecule has 1 fully saturated rings. The van der Waals surface area contributed by atoms with E-state index >= 15 is 0 Å². The molecule has 26 heavy (non-hydrogen) atoms. The van der Waals surface area contributed by atoms with Gasteiger partial charge >= 0.3 is 6.09 Å². The van der Waals surface area contributed by atoms with E-state index in [9.17, 15) is 9.59 Å². The third-order valence-corrected chi connectivity index (χ3v) is 4.75. The number of nitrogens with zero attached hydrogens (tertiary/aromatic N) is 3. The summed E-state index contributed by atoms with van der Waals surface area (Å²) in [6.45, 7) is 12.3. The van der Waals surface area contributed by atoms with Crippen LogP contribution < -0.4 is 21.9 Å².